The van der Waals surface area contributed by atoms with Crippen LogP contribution in [0.4, 0.5) is 0 Å². The molecule has 90 valence electrons. The molecule has 8 heteroatoms. The highest BCUT2D eigenvalue weighted by Crippen LogP contribution is 2.21. The first-order valence-electron chi connectivity index (χ1n) is 4.73. The van der Waals surface area contributed by atoms with Gasteiger partial charge in [0.2, 0.25) is 0 Å². The lowest BCUT2D eigenvalue weighted by Crippen LogP contribution is -2.41. The second kappa shape index (κ2) is 4.98. The molecule has 1 heterocycles. The van der Waals surface area contributed by atoms with Gasteiger partial charge in [0.15, 0.2) is 0 Å². The Bertz CT molecular complexity index is 309. The normalized spacial score (nSPS) is 29.9. The van der Waals surface area contributed by atoms with Crippen molar-refractivity contribution < 1.29 is 13.0 Å². The van der Waals surface area contributed by atoms with Crippen LogP contribution in [0.15, 0.2) is 0 Å². The summed E-state index contributed by atoms with van der Waals surface area (Å²) >= 11 is 4.21. The molecular formula is C7H17N3O3S2. The Morgan fingerprint density at radius 3 is 2.60 bits per heavy atom. The summed E-state index contributed by atoms with van der Waals surface area (Å²) < 4.78 is 30.5. The van der Waals surface area contributed by atoms with E-state index in [0.717, 1.165) is 12.8 Å². The molecule has 1 aliphatic rings. The van der Waals surface area contributed by atoms with Crippen LogP contribution in [0.25, 0.3) is 0 Å². The number of hydrogen-bond donors (Lipinski definition) is 3. The van der Waals surface area contributed by atoms with E-state index in [1.165, 1.54) is 0 Å². The number of rotatable bonds is 4. The van der Waals surface area contributed by atoms with Crippen molar-refractivity contribution in [2.45, 2.75) is 31.4 Å². The fourth-order valence-electron chi connectivity index (χ4n) is 1.69. The second-order valence-corrected chi connectivity index (χ2v) is 5.52. The van der Waals surface area contributed by atoms with Crippen LogP contribution in [-0.2, 0) is 10.1 Å². The molecule has 0 bridgehead atoms. The minimum absolute atomic E-state index is 0.0561. The van der Waals surface area contributed by atoms with Crippen LogP contribution in [0.2, 0.25) is 0 Å². The average Bonchev–Trinajstić information content (AvgIpc) is 2.30. The first kappa shape index (κ1) is 13.2. The van der Waals surface area contributed by atoms with Crippen molar-refractivity contribution in [1.29, 1.82) is 0 Å². The molecule has 0 aromatic rings. The third-order valence-corrected chi connectivity index (χ3v) is 3.36. The summed E-state index contributed by atoms with van der Waals surface area (Å²) in [7, 11) is -2.18. The van der Waals surface area contributed by atoms with E-state index in [4.69, 9.17) is 4.55 Å². The van der Waals surface area contributed by atoms with Crippen LogP contribution in [-0.4, -0.2) is 47.5 Å². The quantitative estimate of drug-likeness (QED) is 0.482. The van der Waals surface area contributed by atoms with Crippen LogP contribution in [0, 0.1) is 0 Å². The summed E-state index contributed by atoms with van der Waals surface area (Å²) in [6, 6.07) is 0. The summed E-state index contributed by atoms with van der Waals surface area (Å²) in [6.07, 6.45) is 1.69. The number of nitrogens with zero attached hydrogens (tertiary/aromatic N) is 2. The molecule has 0 aromatic carbocycles. The second-order valence-electron chi connectivity index (χ2n) is 3.61. The number of hydrogen-bond acceptors (Lipinski definition) is 6. The van der Waals surface area contributed by atoms with Crippen LogP contribution >= 0.6 is 12.6 Å². The Labute approximate surface area is 95.7 Å². The zero-order valence-corrected chi connectivity index (χ0v) is 10.5. The third kappa shape index (κ3) is 3.58. The molecule has 15 heavy (non-hydrogen) atoms. The molecule has 1 fully saturated rings. The maximum atomic E-state index is 10.8. The summed E-state index contributed by atoms with van der Waals surface area (Å²) in [6.45, 7) is 2.02. The standard InChI is InChI=1S/C7H17N3O3S2/c1-3-4-6-9(2)8-7(14)10(6)5-15(11,12)13/h6-8,14H,3-5H2,1-2H3,(H,11,12,13). The van der Waals surface area contributed by atoms with Gasteiger partial charge in [-0.05, 0) is 6.42 Å². The largest absolute Gasteiger partial charge is 0.285 e. The van der Waals surface area contributed by atoms with Gasteiger partial charge < -0.3 is 0 Å². The molecule has 0 aliphatic carbocycles. The van der Waals surface area contributed by atoms with Gasteiger partial charge in [-0.15, -0.1) is 12.6 Å². The van der Waals surface area contributed by atoms with E-state index < -0.39 is 16.0 Å². The maximum Gasteiger partial charge on any atom is 0.278 e. The lowest BCUT2D eigenvalue weighted by atomic mass is 10.2. The number of hydrazine groups is 1. The molecule has 0 saturated carbocycles. The van der Waals surface area contributed by atoms with Crippen molar-refractivity contribution in [3.8, 4) is 0 Å². The fraction of sp³-hybridized carbons (Fsp3) is 1.00. The molecule has 2 unspecified atom stereocenters. The van der Waals surface area contributed by atoms with Gasteiger partial charge in [0, 0.05) is 7.05 Å². The van der Waals surface area contributed by atoms with E-state index in [9.17, 15) is 8.42 Å². The van der Waals surface area contributed by atoms with Crippen LogP contribution in [0.1, 0.15) is 19.8 Å². The zero-order chi connectivity index (χ0) is 11.6. The zero-order valence-electron chi connectivity index (χ0n) is 8.79. The first-order valence-corrected chi connectivity index (χ1v) is 6.85. The topological polar surface area (TPSA) is 72.9 Å². The smallest absolute Gasteiger partial charge is 0.278 e. The van der Waals surface area contributed by atoms with Crippen LogP contribution < -0.4 is 5.43 Å². The Balaban J connectivity index is 2.74. The van der Waals surface area contributed by atoms with Gasteiger partial charge in [0.05, 0.1) is 6.17 Å². The minimum atomic E-state index is -4.00. The SMILES string of the molecule is CCCC1N(C)NC(S)N1CS(=O)(=O)O. The highest BCUT2D eigenvalue weighted by atomic mass is 32.2. The van der Waals surface area contributed by atoms with Crippen molar-refractivity contribution in [1.82, 2.24) is 15.3 Å². The lowest BCUT2D eigenvalue weighted by Gasteiger charge is -2.26. The van der Waals surface area contributed by atoms with Crippen molar-refractivity contribution in [3.63, 3.8) is 0 Å². The van der Waals surface area contributed by atoms with Gasteiger partial charge in [0.25, 0.3) is 10.1 Å². The summed E-state index contributed by atoms with van der Waals surface area (Å²) in [4.78, 5) is 1.60. The molecule has 1 aliphatic heterocycles. The molecule has 0 spiro atoms. The van der Waals surface area contributed by atoms with Crippen molar-refractivity contribution in [2.75, 3.05) is 12.9 Å². The lowest BCUT2D eigenvalue weighted by molar-refractivity contribution is 0.145. The first-order chi connectivity index (χ1) is 6.85. The van der Waals surface area contributed by atoms with Crippen molar-refractivity contribution >= 4 is 22.7 Å². The molecule has 6 nitrogen and oxygen atoms in total. The van der Waals surface area contributed by atoms with Crippen LogP contribution in [0.3, 0.4) is 0 Å². The van der Waals surface area contributed by atoms with E-state index in [1.807, 2.05) is 19.0 Å². The minimum Gasteiger partial charge on any atom is -0.285 e. The predicted octanol–water partition coefficient (Wildman–Crippen LogP) is -0.0767. The van der Waals surface area contributed by atoms with Crippen molar-refractivity contribution in [3.05, 3.63) is 0 Å². The Kier molecular flexibility index (Phi) is 4.38. The summed E-state index contributed by atoms with van der Waals surface area (Å²) in [5, 5.41) is 1.81. The third-order valence-electron chi connectivity index (χ3n) is 2.32. The number of nitrogens with one attached hydrogen (secondary N) is 1. The molecule has 1 rings (SSSR count). The molecular weight excluding hydrogens is 238 g/mol. The van der Waals surface area contributed by atoms with E-state index in [2.05, 4.69) is 18.1 Å². The van der Waals surface area contributed by atoms with Gasteiger partial charge in [-0.25, -0.2) is 15.3 Å². The fourth-order valence-corrected chi connectivity index (χ4v) is 2.92. The van der Waals surface area contributed by atoms with Crippen LogP contribution in [0.5, 0.6) is 0 Å². The molecule has 1 saturated heterocycles. The molecule has 0 aromatic heterocycles. The van der Waals surface area contributed by atoms with Gasteiger partial charge >= 0.3 is 0 Å². The Hall–Kier alpha value is 0.140. The number of thiol groups is 1. The molecule has 0 amide bonds. The predicted molar refractivity (Wildman–Crippen MR) is 60.6 cm³/mol. The van der Waals surface area contributed by atoms with Gasteiger partial charge in [0.1, 0.15) is 11.4 Å². The molecule has 0 radical (unpaired) electrons. The Morgan fingerprint density at radius 2 is 2.13 bits per heavy atom. The average molecular weight is 255 g/mol. The highest BCUT2D eigenvalue weighted by molar-refractivity contribution is 7.85. The highest BCUT2D eigenvalue weighted by Gasteiger charge is 2.36. The van der Waals surface area contributed by atoms with Gasteiger partial charge in [-0.2, -0.15) is 8.42 Å². The Morgan fingerprint density at radius 1 is 1.53 bits per heavy atom. The van der Waals surface area contributed by atoms with E-state index in [-0.39, 0.29) is 11.7 Å². The van der Waals surface area contributed by atoms with Gasteiger partial charge in [-0.1, -0.05) is 13.3 Å². The summed E-state index contributed by atoms with van der Waals surface area (Å²) in [5.41, 5.74) is 2.59. The monoisotopic (exact) mass is 255 g/mol. The summed E-state index contributed by atoms with van der Waals surface area (Å²) in [5.74, 6) is -0.400. The molecule has 2 N–H and O–H groups in total. The van der Waals surface area contributed by atoms with E-state index in [0.29, 0.717) is 0 Å². The maximum absolute atomic E-state index is 10.8. The molecule has 2 atom stereocenters. The van der Waals surface area contributed by atoms with Gasteiger partial charge in [-0.3, -0.25) is 4.55 Å². The van der Waals surface area contributed by atoms with E-state index in [1.54, 1.807) is 4.90 Å². The van der Waals surface area contributed by atoms with Crippen molar-refractivity contribution in [2.24, 2.45) is 0 Å². The van der Waals surface area contributed by atoms with E-state index >= 15 is 0 Å².